The Hall–Kier alpha value is -2.11. The summed E-state index contributed by atoms with van der Waals surface area (Å²) in [7, 11) is 1.90. The van der Waals surface area contributed by atoms with E-state index < -0.39 is 0 Å². The van der Waals surface area contributed by atoms with Crippen molar-refractivity contribution in [1.29, 1.82) is 0 Å². The molecule has 8 heteroatoms. The third-order valence-corrected chi connectivity index (χ3v) is 5.14. The number of hydrogen-bond acceptors (Lipinski definition) is 5. The summed E-state index contributed by atoms with van der Waals surface area (Å²) in [6.45, 7) is 4.66. The molecule has 0 saturated carbocycles. The lowest BCUT2D eigenvalue weighted by molar-refractivity contribution is -0.138. The predicted octanol–water partition coefficient (Wildman–Crippen LogP) is 2.35. The summed E-state index contributed by atoms with van der Waals surface area (Å²) >= 11 is 0. The lowest BCUT2D eigenvalue weighted by Gasteiger charge is -2.26. The zero-order chi connectivity index (χ0) is 20.2. The molecule has 1 aromatic carbocycles. The van der Waals surface area contributed by atoms with Crippen LogP contribution in [0.3, 0.4) is 0 Å². The van der Waals surface area contributed by atoms with Gasteiger partial charge in [0.15, 0.2) is 6.29 Å². The third-order valence-electron chi connectivity index (χ3n) is 4.22. The van der Waals surface area contributed by atoms with Crippen molar-refractivity contribution >= 4 is 33.3 Å². The summed E-state index contributed by atoms with van der Waals surface area (Å²) in [4.78, 5) is 49.7. The highest BCUT2D eigenvalue weighted by Gasteiger charge is 2.21. The molecule has 148 valence electrons. The SMILES string of the molecule is CCOPCCN(C=O)C(=O)CCC(C)N(C)C(=O)c1ccccc1C=O. The lowest BCUT2D eigenvalue weighted by Crippen LogP contribution is -2.37. The Labute approximate surface area is 161 Å². The van der Waals surface area contributed by atoms with Crippen molar-refractivity contribution in [2.45, 2.75) is 32.7 Å². The Bertz CT molecular complexity index is 653. The van der Waals surface area contributed by atoms with Crippen LogP contribution in [0.4, 0.5) is 0 Å². The van der Waals surface area contributed by atoms with Crippen LogP contribution in [-0.2, 0) is 14.1 Å². The van der Waals surface area contributed by atoms with Crippen molar-refractivity contribution in [3.63, 3.8) is 0 Å². The normalized spacial score (nSPS) is 12.0. The van der Waals surface area contributed by atoms with Gasteiger partial charge in [-0.05, 0) is 26.3 Å². The summed E-state index contributed by atoms with van der Waals surface area (Å²) in [5, 5.41) is 0. The molecule has 0 spiro atoms. The van der Waals surface area contributed by atoms with E-state index in [0.29, 0.717) is 49.6 Å². The van der Waals surface area contributed by atoms with E-state index in [9.17, 15) is 19.2 Å². The molecule has 2 atom stereocenters. The van der Waals surface area contributed by atoms with E-state index in [2.05, 4.69) is 0 Å². The summed E-state index contributed by atoms with van der Waals surface area (Å²) in [5.74, 6) is -0.546. The molecule has 0 aliphatic carbocycles. The highest BCUT2D eigenvalue weighted by Crippen LogP contribution is 2.15. The summed E-state index contributed by atoms with van der Waals surface area (Å²) in [5.41, 5.74) is 0.666. The molecule has 0 saturated heterocycles. The van der Waals surface area contributed by atoms with Crippen LogP contribution in [0.15, 0.2) is 24.3 Å². The van der Waals surface area contributed by atoms with Crippen molar-refractivity contribution in [1.82, 2.24) is 9.80 Å². The van der Waals surface area contributed by atoms with Crippen molar-refractivity contribution in [3.05, 3.63) is 35.4 Å². The van der Waals surface area contributed by atoms with Gasteiger partial charge in [0, 0.05) is 53.2 Å². The number of benzene rings is 1. The Balaban J connectivity index is 2.57. The van der Waals surface area contributed by atoms with Gasteiger partial charge in [-0.25, -0.2) is 0 Å². The van der Waals surface area contributed by atoms with Gasteiger partial charge in [-0.1, -0.05) is 18.2 Å². The van der Waals surface area contributed by atoms with E-state index in [1.165, 1.54) is 4.90 Å². The number of aldehydes is 1. The second-order valence-corrected chi connectivity index (χ2v) is 7.11. The van der Waals surface area contributed by atoms with E-state index in [-0.39, 0.29) is 33.1 Å². The number of imide groups is 1. The molecule has 0 heterocycles. The van der Waals surface area contributed by atoms with Crippen LogP contribution in [0.25, 0.3) is 0 Å². The first-order valence-electron chi connectivity index (χ1n) is 8.87. The molecule has 27 heavy (non-hydrogen) atoms. The second kappa shape index (κ2) is 12.3. The summed E-state index contributed by atoms with van der Waals surface area (Å²) in [6, 6.07) is 6.37. The van der Waals surface area contributed by atoms with Crippen LogP contribution < -0.4 is 0 Å². The molecule has 2 unspecified atom stereocenters. The maximum atomic E-state index is 12.6. The average Bonchev–Trinajstić information content (AvgIpc) is 2.70. The molecule has 0 aromatic heterocycles. The van der Waals surface area contributed by atoms with Gasteiger partial charge in [0.25, 0.3) is 5.91 Å². The van der Waals surface area contributed by atoms with Crippen LogP contribution in [-0.4, -0.2) is 66.7 Å². The van der Waals surface area contributed by atoms with Gasteiger partial charge < -0.3 is 9.42 Å². The number of carbonyl (C=O) groups excluding carboxylic acids is 4. The maximum absolute atomic E-state index is 12.6. The van der Waals surface area contributed by atoms with Gasteiger partial charge in [-0.2, -0.15) is 0 Å². The number of amides is 3. The van der Waals surface area contributed by atoms with Gasteiger partial charge >= 0.3 is 0 Å². The first-order chi connectivity index (χ1) is 13.0. The Kier molecular flexibility index (Phi) is 10.5. The fourth-order valence-electron chi connectivity index (χ4n) is 2.43. The van der Waals surface area contributed by atoms with Crippen LogP contribution in [0.5, 0.6) is 0 Å². The third kappa shape index (κ3) is 7.19. The molecular formula is C19H27N2O5P. The maximum Gasteiger partial charge on any atom is 0.254 e. The van der Waals surface area contributed by atoms with Gasteiger partial charge in [0.1, 0.15) is 0 Å². The topological polar surface area (TPSA) is 84.0 Å². The minimum absolute atomic E-state index is 0.157. The highest BCUT2D eigenvalue weighted by atomic mass is 31.1. The number of hydrogen-bond donors (Lipinski definition) is 0. The molecule has 0 radical (unpaired) electrons. The van der Waals surface area contributed by atoms with E-state index >= 15 is 0 Å². The van der Waals surface area contributed by atoms with E-state index in [4.69, 9.17) is 4.52 Å². The number of nitrogens with zero attached hydrogens (tertiary/aromatic N) is 2. The second-order valence-electron chi connectivity index (χ2n) is 6.03. The zero-order valence-electron chi connectivity index (χ0n) is 16.0. The van der Waals surface area contributed by atoms with Crippen LogP contribution >= 0.6 is 8.81 Å². The zero-order valence-corrected chi connectivity index (χ0v) is 17.0. The Morgan fingerprint density at radius 1 is 1.26 bits per heavy atom. The fraction of sp³-hybridized carbons (Fsp3) is 0.474. The van der Waals surface area contributed by atoms with Crippen LogP contribution in [0.1, 0.15) is 47.4 Å². The van der Waals surface area contributed by atoms with Crippen molar-refractivity contribution in [2.75, 3.05) is 26.4 Å². The molecule has 0 fully saturated rings. The lowest BCUT2D eigenvalue weighted by atomic mass is 10.1. The van der Waals surface area contributed by atoms with Crippen LogP contribution in [0, 0.1) is 0 Å². The molecule has 0 bridgehead atoms. The number of carbonyl (C=O) groups is 4. The average molecular weight is 394 g/mol. The van der Waals surface area contributed by atoms with Gasteiger partial charge in [0.05, 0.1) is 5.56 Å². The minimum atomic E-state index is -0.275. The molecule has 1 aromatic rings. The molecule has 0 aliphatic rings. The predicted molar refractivity (Wildman–Crippen MR) is 105 cm³/mol. The van der Waals surface area contributed by atoms with Gasteiger partial charge in [-0.15, -0.1) is 0 Å². The molecule has 1 rings (SSSR count). The molecule has 3 amide bonds. The largest absolute Gasteiger partial charge is 0.363 e. The molecule has 0 N–H and O–H groups in total. The molecule has 0 aliphatic heterocycles. The van der Waals surface area contributed by atoms with E-state index in [1.54, 1.807) is 31.3 Å². The van der Waals surface area contributed by atoms with Gasteiger partial charge in [-0.3, -0.25) is 24.1 Å². The van der Waals surface area contributed by atoms with Crippen molar-refractivity contribution in [2.24, 2.45) is 0 Å². The van der Waals surface area contributed by atoms with E-state index in [1.807, 2.05) is 13.8 Å². The quantitative estimate of drug-likeness (QED) is 0.309. The van der Waals surface area contributed by atoms with Crippen molar-refractivity contribution < 1.29 is 23.7 Å². The summed E-state index contributed by atoms with van der Waals surface area (Å²) < 4.78 is 5.23. The van der Waals surface area contributed by atoms with E-state index in [0.717, 1.165) is 4.90 Å². The monoisotopic (exact) mass is 394 g/mol. The first kappa shape index (κ1) is 22.9. The molecule has 7 nitrogen and oxygen atoms in total. The van der Waals surface area contributed by atoms with Crippen LogP contribution in [0.2, 0.25) is 0 Å². The standard InChI is InChI=1S/C19H27N2O5P/c1-4-26-27-12-11-21(14-23)18(24)10-9-15(2)20(3)19(25)17-8-6-5-7-16(17)13-22/h5-8,13-15,27H,4,9-12H2,1-3H3. The fourth-order valence-corrected chi connectivity index (χ4v) is 3.11. The van der Waals surface area contributed by atoms with Gasteiger partial charge in [0.2, 0.25) is 12.3 Å². The Morgan fingerprint density at radius 3 is 2.59 bits per heavy atom. The smallest absolute Gasteiger partial charge is 0.254 e. The number of rotatable bonds is 12. The first-order valence-corrected chi connectivity index (χ1v) is 9.98. The summed E-state index contributed by atoms with van der Waals surface area (Å²) in [6.07, 6.45) is 2.39. The highest BCUT2D eigenvalue weighted by molar-refractivity contribution is 7.32. The van der Waals surface area contributed by atoms with Crippen molar-refractivity contribution in [3.8, 4) is 0 Å². The Morgan fingerprint density at radius 2 is 1.96 bits per heavy atom. The minimum Gasteiger partial charge on any atom is -0.363 e. The molecular weight excluding hydrogens is 367 g/mol.